The van der Waals surface area contributed by atoms with Crippen LogP contribution in [0, 0.1) is 0 Å². The minimum atomic E-state index is -5.71. The molecule has 0 saturated carbocycles. The molecule has 0 saturated heterocycles. The highest BCUT2D eigenvalue weighted by Gasteiger charge is 2.47. The number of azo groups is 1. The van der Waals surface area contributed by atoms with E-state index >= 15 is 0 Å². The lowest BCUT2D eigenvalue weighted by atomic mass is 9.77. The maximum Gasteiger partial charge on any atom is 0.516 e. The van der Waals surface area contributed by atoms with Crippen molar-refractivity contribution >= 4 is 93.4 Å². The van der Waals surface area contributed by atoms with Crippen LogP contribution in [0.15, 0.2) is 40.6 Å². The molecule has 370 valence electrons. The Hall–Kier alpha value is -5.42. The summed E-state index contributed by atoms with van der Waals surface area (Å²) in [7, 11) is -11.1. The molecule has 19 nitrogen and oxygen atoms in total. The predicted octanol–water partition coefficient (Wildman–Crippen LogP) is 8.65. The van der Waals surface area contributed by atoms with Crippen LogP contribution in [0.3, 0.4) is 0 Å². The van der Waals surface area contributed by atoms with Crippen LogP contribution < -0.4 is 25.0 Å². The number of halogens is 6. The smallest absolute Gasteiger partial charge is 0.461 e. The highest BCUT2D eigenvalue weighted by molar-refractivity contribution is 7.93. The molecule has 4 heterocycles. The van der Waals surface area contributed by atoms with Crippen LogP contribution in [-0.2, 0) is 40.4 Å². The molecule has 2 aromatic carbocycles. The number of carbonyl (C=O) groups excluding carboxylic acids is 2. The average Bonchev–Trinajstić information content (AvgIpc) is 3.89. The number of nitrogen functional groups attached to an aromatic ring is 1. The zero-order chi connectivity index (χ0) is 50.3. The summed E-state index contributed by atoms with van der Waals surface area (Å²) in [5.41, 5.74) is -3.44. The monoisotopic (exact) mass is 1030 g/mol. The van der Waals surface area contributed by atoms with Gasteiger partial charge in [0.15, 0.2) is 0 Å². The summed E-state index contributed by atoms with van der Waals surface area (Å²) in [6.07, 6.45) is 1.71. The number of rotatable bonds is 12. The number of fused-ring (bicyclic) bond motifs is 2. The molecular weight excluding hydrogens is 981 g/mol. The number of nitrogens with two attached hydrogens (primary N) is 1. The number of esters is 2. The second-order valence-electron chi connectivity index (χ2n) is 15.6. The quantitative estimate of drug-likeness (QED) is 0.0682. The number of aromatic nitrogens is 4. The van der Waals surface area contributed by atoms with Crippen LogP contribution in [0.25, 0.3) is 0 Å². The third-order valence-electron chi connectivity index (χ3n) is 10.1. The van der Waals surface area contributed by atoms with E-state index in [1.54, 1.807) is 29.4 Å². The molecule has 29 heteroatoms. The van der Waals surface area contributed by atoms with E-state index in [9.17, 15) is 52.8 Å². The van der Waals surface area contributed by atoms with E-state index in [-0.39, 0.29) is 54.8 Å². The molecule has 4 aromatic rings. The van der Waals surface area contributed by atoms with Crippen LogP contribution >= 0.6 is 22.7 Å². The lowest BCUT2D eigenvalue weighted by molar-refractivity contribution is -0.0435. The van der Waals surface area contributed by atoms with Gasteiger partial charge in [-0.3, -0.25) is 9.44 Å². The number of benzene rings is 2. The number of nitrogens with zero attached hydrogens (tertiary/aromatic N) is 8. The first-order valence-corrected chi connectivity index (χ1v) is 24.8. The lowest BCUT2D eigenvalue weighted by Crippen LogP contribution is -2.37. The molecule has 0 bridgehead atoms. The number of ether oxygens (including phenoxy) is 2. The number of hydrogen-bond donors (Lipinski definition) is 3. The molecule has 2 aliphatic heterocycles. The van der Waals surface area contributed by atoms with Gasteiger partial charge in [0.1, 0.15) is 5.69 Å². The normalized spacial score (nSPS) is 15.6. The van der Waals surface area contributed by atoms with Gasteiger partial charge >= 0.3 is 43.0 Å². The zero-order valence-electron chi connectivity index (χ0n) is 37.4. The van der Waals surface area contributed by atoms with Gasteiger partial charge in [-0.25, -0.2) is 9.59 Å². The van der Waals surface area contributed by atoms with Gasteiger partial charge in [0.25, 0.3) is 5.13 Å². The van der Waals surface area contributed by atoms with Crippen molar-refractivity contribution in [2.24, 2.45) is 10.2 Å². The summed E-state index contributed by atoms with van der Waals surface area (Å²) < 4.78 is 135. The molecule has 0 atom stereocenters. The third kappa shape index (κ3) is 13.4. The maximum atomic E-state index is 13.1. The van der Waals surface area contributed by atoms with Gasteiger partial charge in [-0.15, -0.1) is 30.6 Å². The topological polar surface area (TPSA) is 254 Å². The van der Waals surface area contributed by atoms with Gasteiger partial charge in [-0.05, 0) is 86.8 Å². The summed E-state index contributed by atoms with van der Waals surface area (Å²) in [5.74, 6) is -1.17. The fourth-order valence-corrected chi connectivity index (χ4v) is 8.71. The van der Waals surface area contributed by atoms with Crippen LogP contribution in [-0.4, -0.2) is 99.6 Å². The number of nitrogens with one attached hydrogen (secondary N) is 2. The van der Waals surface area contributed by atoms with E-state index in [1.807, 2.05) is 37.5 Å². The second-order valence-corrected chi connectivity index (χ2v) is 20.9. The highest BCUT2D eigenvalue weighted by Crippen LogP contribution is 2.46. The van der Waals surface area contributed by atoms with E-state index < -0.39 is 43.0 Å². The molecular formula is C38H49F6N11O8S4. The van der Waals surface area contributed by atoms with E-state index in [2.05, 4.69) is 49.2 Å². The Labute approximate surface area is 390 Å². The Morgan fingerprint density at radius 2 is 1.21 bits per heavy atom. The van der Waals surface area contributed by atoms with Gasteiger partial charge in [0.05, 0.1) is 24.6 Å². The predicted molar refractivity (Wildman–Crippen MR) is 241 cm³/mol. The van der Waals surface area contributed by atoms with Crippen molar-refractivity contribution in [2.75, 3.05) is 64.4 Å². The van der Waals surface area contributed by atoms with Crippen molar-refractivity contribution in [2.45, 2.75) is 90.1 Å². The molecule has 0 radical (unpaired) electrons. The molecule has 2 aromatic heterocycles. The Bertz CT molecular complexity index is 2660. The fraction of sp³-hybridized carbons (Fsp3) is 0.526. The summed E-state index contributed by atoms with van der Waals surface area (Å²) >= 11 is 1.79. The van der Waals surface area contributed by atoms with Crippen LogP contribution in [0.1, 0.15) is 99.0 Å². The van der Waals surface area contributed by atoms with Crippen molar-refractivity contribution in [3.05, 3.63) is 51.5 Å². The molecule has 0 amide bonds. The number of anilines is 5. The van der Waals surface area contributed by atoms with E-state index in [0.29, 0.717) is 31.9 Å². The van der Waals surface area contributed by atoms with Gasteiger partial charge in [0.2, 0.25) is 15.1 Å². The number of alkyl halides is 6. The first-order chi connectivity index (χ1) is 31.0. The minimum Gasteiger partial charge on any atom is -0.461 e. The second kappa shape index (κ2) is 21.3. The van der Waals surface area contributed by atoms with Gasteiger partial charge < -0.3 is 25.0 Å². The molecule has 2 aliphatic rings. The summed E-state index contributed by atoms with van der Waals surface area (Å²) in [4.78, 5) is 26.6. The third-order valence-corrected chi connectivity index (χ3v) is 13.9. The molecule has 4 N–H and O–H groups in total. The Morgan fingerprint density at radius 1 is 0.716 bits per heavy atom. The van der Waals surface area contributed by atoms with Crippen molar-refractivity contribution < 1.29 is 62.2 Å². The van der Waals surface area contributed by atoms with Crippen LogP contribution in [0.4, 0.5) is 65.0 Å². The number of hydrogen-bond acceptors (Lipinski definition) is 19. The lowest BCUT2D eigenvalue weighted by Gasteiger charge is -2.40. The molecule has 0 spiro atoms. The maximum absolute atomic E-state index is 13.1. The van der Waals surface area contributed by atoms with Crippen LogP contribution in [0.2, 0.25) is 0 Å². The molecule has 6 rings (SSSR count). The first kappa shape index (κ1) is 54.2. The Balaban J connectivity index is 0.000000252. The fourth-order valence-electron chi connectivity index (χ4n) is 6.52. The SMILES string of the molecule is CCN1CCC(C)(C)c2ccc(NS(=O)(=O)C(F)(F)F)cc21.CCOC(=O)c1nnc(N)s1.CCOC(=O)c1nnc(N=Nc2cc3c(cc2NS(=O)(=O)C(F)(F)F)N(CC)CCC3(C)C)s1. The highest BCUT2D eigenvalue weighted by atomic mass is 32.2. The van der Waals surface area contributed by atoms with E-state index in [0.717, 1.165) is 58.9 Å². The summed E-state index contributed by atoms with van der Waals surface area (Å²) in [5, 5.41) is 22.5. The molecule has 67 heavy (non-hydrogen) atoms. The standard InChI is InChI=1S/C19H23F3N6O4S2.C14H19F3N2O2S.C5H7N3O2S/c1-5-28-8-7-18(3,4)11-9-12(13(10-14(11)28)27-34(30,31)19(20,21)22)23-25-17-26-24-15(33-17)16(29)32-6-2;1-4-19-8-7-13(2,3)11-6-5-10(9-12(11)19)18-22(20,21)14(15,16)17;1-2-10-4(9)3-7-8-5(6)11-3/h9-10,27H,5-8H2,1-4H3;5-6,9,18H,4,7-8H2,1-3H3;2H2,1H3,(H2,6,8). The largest absolute Gasteiger partial charge is 0.516 e. The van der Waals surface area contributed by atoms with Crippen molar-refractivity contribution in [3.63, 3.8) is 0 Å². The van der Waals surface area contributed by atoms with Gasteiger partial charge in [-0.1, -0.05) is 56.4 Å². The van der Waals surface area contributed by atoms with Gasteiger partial charge in [-0.2, -0.15) is 43.2 Å². The molecule has 0 fully saturated rings. The summed E-state index contributed by atoms with van der Waals surface area (Å²) in [6, 6.07) is 7.40. The van der Waals surface area contributed by atoms with Crippen LogP contribution in [0.5, 0.6) is 0 Å². The number of sulfonamides is 2. The number of carbonyl (C=O) groups is 2. The average molecular weight is 1030 g/mol. The zero-order valence-corrected chi connectivity index (χ0v) is 40.6. The summed E-state index contributed by atoms with van der Waals surface area (Å²) in [6.45, 7) is 18.5. The van der Waals surface area contributed by atoms with Crippen molar-refractivity contribution in [1.29, 1.82) is 0 Å². The first-order valence-electron chi connectivity index (χ1n) is 20.2. The Morgan fingerprint density at radius 3 is 1.70 bits per heavy atom. The van der Waals surface area contributed by atoms with Crippen molar-refractivity contribution in [3.8, 4) is 0 Å². The van der Waals surface area contributed by atoms with Crippen molar-refractivity contribution in [1.82, 2.24) is 20.4 Å². The van der Waals surface area contributed by atoms with E-state index in [1.165, 1.54) is 24.3 Å². The van der Waals surface area contributed by atoms with E-state index in [4.69, 9.17) is 10.5 Å². The van der Waals surface area contributed by atoms with Gasteiger partial charge in [0, 0.05) is 37.6 Å². The Kier molecular flexibility index (Phi) is 17.2. The molecule has 0 unspecified atom stereocenters. The minimum absolute atomic E-state index is 0.0557. The molecule has 0 aliphatic carbocycles.